The number of carbonyl (C=O) groups is 3. The summed E-state index contributed by atoms with van der Waals surface area (Å²) in [6.07, 6.45) is 4.06. The van der Waals surface area contributed by atoms with Crippen LogP contribution in [0.15, 0.2) is 24.3 Å². The van der Waals surface area contributed by atoms with Gasteiger partial charge in [-0.25, -0.2) is 0 Å². The van der Waals surface area contributed by atoms with Crippen LogP contribution in [0.2, 0.25) is 0 Å². The molecule has 0 bridgehead atoms. The van der Waals surface area contributed by atoms with Crippen molar-refractivity contribution in [3.63, 3.8) is 0 Å². The second kappa shape index (κ2) is 5.89. The Morgan fingerprint density at radius 2 is 2.04 bits per heavy atom. The molecule has 27 heavy (non-hydrogen) atoms. The number of amides is 2. The van der Waals surface area contributed by atoms with Gasteiger partial charge in [-0.2, -0.15) is 0 Å². The molecule has 2 saturated heterocycles. The molecule has 3 fully saturated rings. The van der Waals surface area contributed by atoms with Gasteiger partial charge in [0.2, 0.25) is 11.8 Å². The van der Waals surface area contributed by atoms with Crippen LogP contribution in [-0.4, -0.2) is 47.7 Å². The number of rotatable bonds is 2. The number of primary amides is 1. The van der Waals surface area contributed by atoms with Gasteiger partial charge in [-0.1, -0.05) is 30.7 Å². The van der Waals surface area contributed by atoms with Crippen molar-refractivity contribution in [3.05, 3.63) is 35.4 Å². The summed E-state index contributed by atoms with van der Waals surface area (Å²) >= 11 is 0. The number of likely N-dealkylation sites (tertiary alicyclic amines) is 1. The standard InChI is InChI=1S/C21H25N3O3/c22-19(26)16-9-21(15-7-2-1-4-12(15)8-17(21)25)11-24(16)20(27)18-14-6-3-5-13(14)10-23-18/h1-2,4,7,13-14,16,18,23H,3,5-6,8-11H2,(H2,22,26)/t13-,14-,16-,18-,21-/m0/s1. The van der Waals surface area contributed by atoms with Crippen LogP contribution < -0.4 is 11.1 Å². The molecule has 142 valence electrons. The van der Waals surface area contributed by atoms with Gasteiger partial charge < -0.3 is 16.0 Å². The van der Waals surface area contributed by atoms with Crippen LogP contribution in [0.3, 0.4) is 0 Å². The van der Waals surface area contributed by atoms with Crippen LogP contribution in [0.25, 0.3) is 0 Å². The molecule has 5 atom stereocenters. The molecular weight excluding hydrogens is 342 g/mol. The molecule has 0 unspecified atom stereocenters. The minimum absolute atomic E-state index is 0.0535. The Hall–Kier alpha value is -2.21. The number of Topliss-reactive ketones (excluding diaryl/α,β-unsaturated/α-hetero) is 1. The third kappa shape index (κ3) is 2.32. The Morgan fingerprint density at radius 3 is 2.85 bits per heavy atom. The topological polar surface area (TPSA) is 92.5 Å². The van der Waals surface area contributed by atoms with Crippen molar-refractivity contribution in [1.82, 2.24) is 10.2 Å². The van der Waals surface area contributed by atoms with Gasteiger partial charge in [-0.05, 0) is 48.8 Å². The predicted octanol–water partition coefficient (Wildman–Crippen LogP) is 0.524. The molecule has 4 aliphatic rings. The third-order valence-electron chi connectivity index (χ3n) is 7.40. The van der Waals surface area contributed by atoms with Crippen LogP contribution in [0.1, 0.15) is 36.8 Å². The minimum atomic E-state index is -0.778. The number of nitrogens with zero attached hydrogens (tertiary/aromatic N) is 1. The van der Waals surface area contributed by atoms with E-state index in [9.17, 15) is 14.4 Å². The number of fused-ring (bicyclic) bond motifs is 3. The lowest BCUT2D eigenvalue weighted by Crippen LogP contribution is -2.52. The number of nitrogens with two attached hydrogens (primary N) is 1. The van der Waals surface area contributed by atoms with Gasteiger partial charge in [-0.15, -0.1) is 0 Å². The first kappa shape index (κ1) is 16.9. The summed E-state index contributed by atoms with van der Waals surface area (Å²) in [4.78, 5) is 40.2. The Bertz CT molecular complexity index is 838. The van der Waals surface area contributed by atoms with Crippen molar-refractivity contribution in [3.8, 4) is 0 Å². The number of nitrogens with one attached hydrogen (secondary N) is 1. The highest BCUT2D eigenvalue weighted by molar-refractivity contribution is 6.00. The maximum atomic E-state index is 13.4. The molecule has 1 saturated carbocycles. The molecule has 5 rings (SSSR count). The first-order valence-corrected chi connectivity index (χ1v) is 9.96. The fourth-order valence-electron chi connectivity index (χ4n) is 6.06. The van der Waals surface area contributed by atoms with E-state index in [-0.39, 0.29) is 24.3 Å². The van der Waals surface area contributed by atoms with Crippen molar-refractivity contribution in [2.24, 2.45) is 17.6 Å². The van der Waals surface area contributed by atoms with Crippen LogP contribution in [0.4, 0.5) is 0 Å². The number of ketones is 1. The molecule has 2 aliphatic heterocycles. The summed E-state index contributed by atoms with van der Waals surface area (Å²) < 4.78 is 0. The molecule has 6 heteroatoms. The SMILES string of the molecule is NC(=O)[C@@H]1C[C@@]2(CN1C(=O)[C@H]1NC[C@@H]3CCC[C@@H]31)C(=O)Cc1ccccc12. The molecule has 1 aromatic carbocycles. The number of hydrogen-bond donors (Lipinski definition) is 2. The maximum Gasteiger partial charge on any atom is 0.240 e. The molecule has 0 radical (unpaired) electrons. The zero-order valence-electron chi connectivity index (χ0n) is 15.3. The third-order valence-corrected chi connectivity index (χ3v) is 7.40. The van der Waals surface area contributed by atoms with E-state index in [1.807, 2.05) is 24.3 Å². The van der Waals surface area contributed by atoms with Crippen molar-refractivity contribution >= 4 is 17.6 Å². The van der Waals surface area contributed by atoms with E-state index in [1.165, 1.54) is 0 Å². The molecule has 3 N–H and O–H groups in total. The van der Waals surface area contributed by atoms with Crippen molar-refractivity contribution < 1.29 is 14.4 Å². The van der Waals surface area contributed by atoms with Gasteiger partial charge in [0.1, 0.15) is 11.8 Å². The minimum Gasteiger partial charge on any atom is -0.368 e. The fraction of sp³-hybridized carbons (Fsp3) is 0.571. The maximum absolute atomic E-state index is 13.4. The fourth-order valence-corrected chi connectivity index (χ4v) is 6.06. The van der Waals surface area contributed by atoms with Crippen LogP contribution in [0, 0.1) is 11.8 Å². The second-order valence-electron chi connectivity index (χ2n) is 8.67. The molecule has 1 aromatic rings. The van der Waals surface area contributed by atoms with E-state index in [0.29, 0.717) is 24.7 Å². The molecule has 2 aliphatic carbocycles. The van der Waals surface area contributed by atoms with Crippen LogP contribution >= 0.6 is 0 Å². The van der Waals surface area contributed by atoms with Crippen LogP contribution in [-0.2, 0) is 26.2 Å². The zero-order chi connectivity index (χ0) is 18.8. The van der Waals surface area contributed by atoms with Gasteiger partial charge in [0.15, 0.2) is 0 Å². The Kier molecular flexibility index (Phi) is 3.69. The molecule has 1 spiro atoms. The normalized spacial score (nSPS) is 37.0. The highest BCUT2D eigenvalue weighted by atomic mass is 16.2. The summed E-state index contributed by atoms with van der Waals surface area (Å²) in [7, 11) is 0. The highest BCUT2D eigenvalue weighted by Gasteiger charge is 2.57. The first-order chi connectivity index (χ1) is 13.0. The van der Waals surface area contributed by atoms with E-state index < -0.39 is 17.4 Å². The van der Waals surface area contributed by atoms with Gasteiger partial charge in [0, 0.05) is 13.0 Å². The summed E-state index contributed by atoms with van der Waals surface area (Å²) in [5.74, 6) is 0.425. The number of hydrogen-bond acceptors (Lipinski definition) is 4. The van der Waals surface area contributed by atoms with E-state index in [4.69, 9.17) is 5.73 Å². The monoisotopic (exact) mass is 367 g/mol. The van der Waals surface area contributed by atoms with Crippen molar-refractivity contribution in [1.29, 1.82) is 0 Å². The number of benzene rings is 1. The Labute approximate surface area is 158 Å². The summed E-state index contributed by atoms with van der Waals surface area (Å²) in [5, 5.41) is 3.38. The molecular formula is C21H25N3O3. The second-order valence-corrected chi connectivity index (χ2v) is 8.67. The van der Waals surface area contributed by atoms with E-state index in [2.05, 4.69) is 5.32 Å². The molecule has 6 nitrogen and oxygen atoms in total. The lowest BCUT2D eigenvalue weighted by Gasteiger charge is -2.29. The summed E-state index contributed by atoms with van der Waals surface area (Å²) in [6, 6.07) is 6.82. The predicted molar refractivity (Wildman–Crippen MR) is 98.8 cm³/mol. The average molecular weight is 367 g/mol. The van der Waals surface area contributed by atoms with E-state index in [0.717, 1.165) is 36.9 Å². The number of carbonyl (C=O) groups excluding carboxylic acids is 3. The highest BCUT2D eigenvalue weighted by Crippen LogP contribution is 2.46. The summed E-state index contributed by atoms with van der Waals surface area (Å²) in [5.41, 5.74) is 6.88. The Morgan fingerprint density at radius 1 is 1.22 bits per heavy atom. The zero-order valence-corrected chi connectivity index (χ0v) is 15.3. The lowest BCUT2D eigenvalue weighted by molar-refractivity contribution is -0.139. The van der Waals surface area contributed by atoms with Gasteiger partial charge in [0.05, 0.1) is 11.5 Å². The van der Waals surface area contributed by atoms with Crippen molar-refractivity contribution in [2.45, 2.75) is 49.6 Å². The van der Waals surface area contributed by atoms with Gasteiger partial charge in [-0.3, -0.25) is 14.4 Å². The van der Waals surface area contributed by atoms with Crippen LogP contribution in [0.5, 0.6) is 0 Å². The van der Waals surface area contributed by atoms with E-state index >= 15 is 0 Å². The van der Waals surface area contributed by atoms with E-state index in [1.54, 1.807) is 4.90 Å². The summed E-state index contributed by atoms with van der Waals surface area (Å²) in [6.45, 7) is 1.13. The average Bonchev–Trinajstić information content (AvgIpc) is 3.39. The lowest BCUT2D eigenvalue weighted by atomic mass is 9.79. The van der Waals surface area contributed by atoms with Gasteiger partial charge >= 0.3 is 0 Å². The molecule has 2 amide bonds. The smallest absolute Gasteiger partial charge is 0.240 e. The molecule has 0 aromatic heterocycles. The van der Waals surface area contributed by atoms with Gasteiger partial charge in [0.25, 0.3) is 0 Å². The quantitative estimate of drug-likeness (QED) is 0.797. The molecule has 2 heterocycles. The van der Waals surface area contributed by atoms with Crippen molar-refractivity contribution in [2.75, 3.05) is 13.1 Å². The largest absolute Gasteiger partial charge is 0.368 e. The Balaban J connectivity index is 1.49. The first-order valence-electron chi connectivity index (χ1n) is 9.96.